The molecule has 1 amide bonds. The van der Waals surface area contributed by atoms with Crippen LogP contribution in [-0.4, -0.2) is 18.5 Å². The number of carbonyl (C=O) groups is 1. The first-order chi connectivity index (χ1) is 7.66. The molecule has 1 aromatic rings. The number of anilines is 2. The van der Waals surface area contributed by atoms with E-state index in [9.17, 15) is 4.79 Å². The summed E-state index contributed by atoms with van der Waals surface area (Å²) in [5, 5.41) is 6.48. The Balaban J connectivity index is 2.10. The van der Waals surface area contributed by atoms with Crippen molar-refractivity contribution in [2.24, 2.45) is 0 Å². The van der Waals surface area contributed by atoms with Gasteiger partial charge in [0, 0.05) is 12.2 Å². The molecular weight excluding hydrogens is 226 g/mol. The van der Waals surface area contributed by atoms with Gasteiger partial charge in [0.05, 0.1) is 10.7 Å². The highest BCUT2D eigenvalue weighted by Crippen LogP contribution is 2.25. The van der Waals surface area contributed by atoms with E-state index in [0.29, 0.717) is 10.7 Å². The molecular formula is C11H14ClN3O. The number of piperidine rings is 1. The number of nitrogens with one attached hydrogen (secondary N) is 2. The van der Waals surface area contributed by atoms with Crippen LogP contribution in [0.5, 0.6) is 0 Å². The molecule has 0 aromatic heterocycles. The topological polar surface area (TPSA) is 67.2 Å². The first-order valence-electron chi connectivity index (χ1n) is 5.26. The fraction of sp³-hybridized carbons (Fsp3) is 0.364. The number of halogens is 1. The van der Waals surface area contributed by atoms with Gasteiger partial charge in [-0.15, -0.1) is 0 Å². The van der Waals surface area contributed by atoms with Gasteiger partial charge in [0.2, 0.25) is 5.91 Å². The molecule has 86 valence electrons. The van der Waals surface area contributed by atoms with Crippen LogP contribution < -0.4 is 16.4 Å². The molecule has 0 bridgehead atoms. The molecule has 1 aliphatic rings. The van der Waals surface area contributed by atoms with Gasteiger partial charge in [-0.05, 0) is 31.0 Å². The Kier molecular flexibility index (Phi) is 3.19. The SMILES string of the molecule is Nc1ccc(NC2CCCNC2=O)c(Cl)c1. The lowest BCUT2D eigenvalue weighted by atomic mass is 10.1. The fourth-order valence-electron chi connectivity index (χ4n) is 1.75. The summed E-state index contributed by atoms with van der Waals surface area (Å²) < 4.78 is 0. The monoisotopic (exact) mass is 239 g/mol. The molecule has 5 heteroatoms. The fourth-order valence-corrected chi connectivity index (χ4v) is 1.99. The van der Waals surface area contributed by atoms with Crippen molar-refractivity contribution < 1.29 is 4.79 Å². The van der Waals surface area contributed by atoms with E-state index in [2.05, 4.69) is 10.6 Å². The summed E-state index contributed by atoms with van der Waals surface area (Å²) >= 11 is 6.02. The molecule has 16 heavy (non-hydrogen) atoms. The number of amides is 1. The van der Waals surface area contributed by atoms with Crippen LogP contribution in [0.4, 0.5) is 11.4 Å². The first-order valence-corrected chi connectivity index (χ1v) is 5.64. The van der Waals surface area contributed by atoms with Gasteiger partial charge >= 0.3 is 0 Å². The maximum Gasteiger partial charge on any atom is 0.242 e. The van der Waals surface area contributed by atoms with Crippen LogP contribution in [0.15, 0.2) is 18.2 Å². The van der Waals surface area contributed by atoms with Crippen molar-refractivity contribution in [3.8, 4) is 0 Å². The van der Waals surface area contributed by atoms with Crippen molar-refractivity contribution in [2.75, 3.05) is 17.6 Å². The Bertz CT molecular complexity index is 408. The minimum Gasteiger partial charge on any atom is -0.399 e. The highest BCUT2D eigenvalue weighted by Gasteiger charge is 2.22. The molecule has 1 atom stereocenters. The second-order valence-corrected chi connectivity index (χ2v) is 4.28. The van der Waals surface area contributed by atoms with Gasteiger partial charge in [-0.3, -0.25) is 4.79 Å². The van der Waals surface area contributed by atoms with Gasteiger partial charge in [-0.2, -0.15) is 0 Å². The van der Waals surface area contributed by atoms with E-state index in [1.165, 1.54) is 0 Å². The van der Waals surface area contributed by atoms with E-state index >= 15 is 0 Å². The van der Waals surface area contributed by atoms with Crippen LogP contribution in [0.25, 0.3) is 0 Å². The summed E-state index contributed by atoms with van der Waals surface area (Å²) in [6.45, 7) is 0.756. The third-order valence-corrected chi connectivity index (χ3v) is 2.92. The van der Waals surface area contributed by atoms with Gasteiger partial charge in [0.15, 0.2) is 0 Å². The van der Waals surface area contributed by atoms with Crippen molar-refractivity contribution in [3.63, 3.8) is 0 Å². The van der Waals surface area contributed by atoms with E-state index in [0.717, 1.165) is 25.1 Å². The summed E-state index contributed by atoms with van der Waals surface area (Å²) in [7, 11) is 0. The number of rotatable bonds is 2. The van der Waals surface area contributed by atoms with Crippen molar-refractivity contribution in [1.82, 2.24) is 5.32 Å². The van der Waals surface area contributed by atoms with Crippen molar-refractivity contribution >= 4 is 28.9 Å². The zero-order valence-electron chi connectivity index (χ0n) is 8.79. The summed E-state index contributed by atoms with van der Waals surface area (Å²) in [5.74, 6) is 0.0270. The predicted molar refractivity (Wildman–Crippen MR) is 65.5 cm³/mol. The zero-order chi connectivity index (χ0) is 11.5. The lowest BCUT2D eigenvalue weighted by Gasteiger charge is -2.24. The normalized spacial score (nSPS) is 20.3. The molecule has 1 aromatic carbocycles. The summed E-state index contributed by atoms with van der Waals surface area (Å²) in [6, 6.07) is 5.02. The Morgan fingerprint density at radius 3 is 3.00 bits per heavy atom. The Morgan fingerprint density at radius 2 is 2.31 bits per heavy atom. The van der Waals surface area contributed by atoms with Crippen LogP contribution in [0.1, 0.15) is 12.8 Å². The number of hydrogen-bond donors (Lipinski definition) is 3. The number of nitrogens with two attached hydrogens (primary N) is 1. The Labute approximate surface area is 99.2 Å². The third-order valence-electron chi connectivity index (χ3n) is 2.61. The molecule has 4 nitrogen and oxygen atoms in total. The molecule has 0 saturated carbocycles. The number of carbonyl (C=O) groups excluding carboxylic acids is 1. The van der Waals surface area contributed by atoms with Gasteiger partial charge in [0.1, 0.15) is 6.04 Å². The lowest BCUT2D eigenvalue weighted by Crippen LogP contribution is -2.44. The van der Waals surface area contributed by atoms with Crippen molar-refractivity contribution in [3.05, 3.63) is 23.2 Å². The van der Waals surface area contributed by atoms with Crippen molar-refractivity contribution in [1.29, 1.82) is 0 Å². The minimum atomic E-state index is -0.199. The second kappa shape index (κ2) is 4.61. The van der Waals surface area contributed by atoms with Crippen LogP contribution in [0.2, 0.25) is 5.02 Å². The van der Waals surface area contributed by atoms with Crippen LogP contribution in [-0.2, 0) is 4.79 Å². The van der Waals surface area contributed by atoms with Crippen LogP contribution in [0, 0.1) is 0 Å². The Hall–Kier alpha value is -1.42. The molecule has 1 heterocycles. The molecule has 1 aliphatic heterocycles. The highest BCUT2D eigenvalue weighted by atomic mass is 35.5. The molecule has 0 spiro atoms. The largest absolute Gasteiger partial charge is 0.399 e. The number of nitrogen functional groups attached to an aromatic ring is 1. The van der Waals surface area contributed by atoms with Gasteiger partial charge in [-0.1, -0.05) is 11.6 Å². The van der Waals surface area contributed by atoms with Crippen LogP contribution >= 0.6 is 11.6 Å². The molecule has 0 radical (unpaired) electrons. The van der Waals surface area contributed by atoms with E-state index < -0.39 is 0 Å². The molecule has 1 fully saturated rings. The van der Waals surface area contributed by atoms with E-state index in [1.54, 1.807) is 18.2 Å². The van der Waals surface area contributed by atoms with Gasteiger partial charge in [-0.25, -0.2) is 0 Å². The lowest BCUT2D eigenvalue weighted by molar-refractivity contribution is -0.123. The van der Waals surface area contributed by atoms with Crippen molar-refractivity contribution in [2.45, 2.75) is 18.9 Å². The molecule has 0 aliphatic carbocycles. The van der Waals surface area contributed by atoms with E-state index in [4.69, 9.17) is 17.3 Å². The minimum absolute atomic E-state index is 0.0270. The average Bonchev–Trinajstić information content (AvgIpc) is 2.25. The summed E-state index contributed by atoms with van der Waals surface area (Å²) in [4.78, 5) is 11.5. The third kappa shape index (κ3) is 2.39. The maximum absolute atomic E-state index is 11.5. The first kappa shape index (κ1) is 11.1. The van der Waals surface area contributed by atoms with Crippen LogP contribution in [0.3, 0.4) is 0 Å². The zero-order valence-corrected chi connectivity index (χ0v) is 9.55. The average molecular weight is 240 g/mol. The predicted octanol–water partition coefficient (Wildman–Crippen LogP) is 1.61. The standard InChI is InChI=1S/C11H14ClN3O/c12-8-6-7(13)3-4-9(8)15-10-2-1-5-14-11(10)16/h3-4,6,10,15H,1-2,5,13H2,(H,14,16). The number of benzene rings is 1. The maximum atomic E-state index is 11.5. The van der Waals surface area contributed by atoms with E-state index in [1.807, 2.05) is 0 Å². The van der Waals surface area contributed by atoms with Gasteiger partial charge < -0.3 is 16.4 Å². The summed E-state index contributed by atoms with van der Waals surface area (Å²) in [6.07, 6.45) is 1.81. The number of hydrogen-bond acceptors (Lipinski definition) is 3. The molecule has 4 N–H and O–H groups in total. The quantitative estimate of drug-likeness (QED) is 0.687. The molecule has 1 saturated heterocycles. The molecule has 1 unspecified atom stereocenters. The summed E-state index contributed by atoms with van der Waals surface area (Å²) in [5.41, 5.74) is 6.96. The smallest absolute Gasteiger partial charge is 0.242 e. The van der Waals surface area contributed by atoms with E-state index in [-0.39, 0.29) is 11.9 Å². The second-order valence-electron chi connectivity index (χ2n) is 3.87. The molecule has 2 rings (SSSR count). The Morgan fingerprint density at radius 1 is 1.50 bits per heavy atom. The highest BCUT2D eigenvalue weighted by molar-refractivity contribution is 6.33. The van der Waals surface area contributed by atoms with Gasteiger partial charge in [0.25, 0.3) is 0 Å².